The molecule has 0 fully saturated rings. The van der Waals surface area contributed by atoms with Crippen LogP contribution in [0.1, 0.15) is 39.5 Å². The summed E-state index contributed by atoms with van der Waals surface area (Å²) in [7, 11) is 0. The molecule has 0 amide bonds. The number of rotatable bonds is 2. The van der Waals surface area contributed by atoms with Crippen molar-refractivity contribution in [3.05, 3.63) is 11.6 Å². The van der Waals surface area contributed by atoms with Gasteiger partial charge in [-0.05, 0) is 25.2 Å². The topological polar surface area (TPSA) is 0 Å². The van der Waals surface area contributed by atoms with E-state index >= 15 is 0 Å². The first-order valence-electron chi connectivity index (χ1n) is 4.03. The van der Waals surface area contributed by atoms with E-state index in [0.29, 0.717) is 0 Å². The van der Waals surface area contributed by atoms with Crippen LogP contribution in [-0.2, 0) is 0 Å². The highest BCUT2D eigenvalue weighted by molar-refractivity contribution is 5.10. The Hall–Kier alpha value is -0.260. The monoisotopic (exact) mass is 124 g/mol. The Morgan fingerprint density at radius 1 is 1.67 bits per heavy atom. The Labute approximate surface area is 58.0 Å². The van der Waals surface area contributed by atoms with Crippen molar-refractivity contribution < 1.29 is 0 Å². The van der Waals surface area contributed by atoms with E-state index in [1.54, 1.807) is 5.57 Å². The van der Waals surface area contributed by atoms with Gasteiger partial charge in [-0.15, -0.1) is 0 Å². The molecule has 0 aromatic carbocycles. The Morgan fingerprint density at radius 2 is 2.44 bits per heavy atom. The summed E-state index contributed by atoms with van der Waals surface area (Å²) in [4.78, 5) is 0. The molecule has 52 valence electrons. The summed E-state index contributed by atoms with van der Waals surface area (Å²) >= 11 is 0. The highest BCUT2D eigenvalue weighted by Gasteiger charge is 2.11. The molecule has 0 unspecified atom stereocenters. The van der Waals surface area contributed by atoms with Crippen LogP contribution >= 0.6 is 0 Å². The molecule has 9 heavy (non-hydrogen) atoms. The van der Waals surface area contributed by atoms with Crippen LogP contribution in [0.2, 0.25) is 0 Å². The van der Waals surface area contributed by atoms with Gasteiger partial charge in [0.15, 0.2) is 0 Å². The molecule has 0 spiro atoms. The van der Waals surface area contributed by atoms with Gasteiger partial charge in [0, 0.05) is 0 Å². The standard InChI is InChI=1S/C9H16/c1-3-5-9-7-4-6-8(9)2/h7-8H,3-6H2,1-2H3/t8-/m0/s1. The van der Waals surface area contributed by atoms with E-state index in [-0.39, 0.29) is 0 Å². The number of allylic oxidation sites excluding steroid dienone is 2. The predicted octanol–water partition coefficient (Wildman–Crippen LogP) is 3.14. The zero-order valence-corrected chi connectivity index (χ0v) is 6.48. The molecule has 0 N–H and O–H groups in total. The van der Waals surface area contributed by atoms with Crippen LogP contribution < -0.4 is 0 Å². The summed E-state index contributed by atoms with van der Waals surface area (Å²) in [5, 5.41) is 0. The van der Waals surface area contributed by atoms with Gasteiger partial charge in [-0.25, -0.2) is 0 Å². The van der Waals surface area contributed by atoms with Gasteiger partial charge in [0.05, 0.1) is 0 Å². The van der Waals surface area contributed by atoms with E-state index in [2.05, 4.69) is 19.9 Å². The summed E-state index contributed by atoms with van der Waals surface area (Å²) in [6, 6.07) is 0. The summed E-state index contributed by atoms with van der Waals surface area (Å²) in [6.07, 6.45) is 7.80. The Bertz CT molecular complexity index is 111. The van der Waals surface area contributed by atoms with Crippen LogP contribution in [0.5, 0.6) is 0 Å². The highest BCUT2D eigenvalue weighted by Crippen LogP contribution is 2.27. The van der Waals surface area contributed by atoms with Crippen LogP contribution in [0.15, 0.2) is 11.6 Å². The van der Waals surface area contributed by atoms with Crippen molar-refractivity contribution in [1.29, 1.82) is 0 Å². The van der Waals surface area contributed by atoms with E-state index in [9.17, 15) is 0 Å². The van der Waals surface area contributed by atoms with Crippen molar-refractivity contribution in [2.75, 3.05) is 0 Å². The molecule has 0 heteroatoms. The van der Waals surface area contributed by atoms with Crippen molar-refractivity contribution in [2.45, 2.75) is 39.5 Å². The van der Waals surface area contributed by atoms with Crippen LogP contribution in [0.25, 0.3) is 0 Å². The summed E-state index contributed by atoms with van der Waals surface area (Å²) in [5.41, 5.74) is 1.71. The zero-order valence-electron chi connectivity index (χ0n) is 6.48. The molecular weight excluding hydrogens is 108 g/mol. The van der Waals surface area contributed by atoms with Gasteiger partial charge >= 0.3 is 0 Å². The second-order valence-corrected chi connectivity index (χ2v) is 3.01. The maximum atomic E-state index is 2.42. The normalized spacial score (nSPS) is 26.4. The average Bonchev–Trinajstić information content (AvgIpc) is 2.18. The van der Waals surface area contributed by atoms with E-state index in [0.717, 1.165) is 5.92 Å². The molecule has 1 aliphatic carbocycles. The molecule has 0 radical (unpaired) electrons. The quantitative estimate of drug-likeness (QED) is 0.496. The SMILES string of the molecule is CCCC1=CCC[C@@H]1C. The number of hydrogen-bond acceptors (Lipinski definition) is 0. The van der Waals surface area contributed by atoms with Crippen LogP contribution in [-0.4, -0.2) is 0 Å². The van der Waals surface area contributed by atoms with Crippen molar-refractivity contribution in [2.24, 2.45) is 5.92 Å². The lowest BCUT2D eigenvalue weighted by Crippen LogP contribution is -1.91. The maximum absolute atomic E-state index is 2.42. The first-order valence-corrected chi connectivity index (χ1v) is 4.03. The molecule has 0 bridgehead atoms. The second kappa shape index (κ2) is 3.05. The van der Waals surface area contributed by atoms with E-state index in [1.807, 2.05) is 0 Å². The Morgan fingerprint density at radius 3 is 2.89 bits per heavy atom. The van der Waals surface area contributed by atoms with Crippen molar-refractivity contribution >= 4 is 0 Å². The molecule has 0 aliphatic heterocycles. The van der Waals surface area contributed by atoms with Gasteiger partial charge in [-0.1, -0.05) is 31.9 Å². The molecular formula is C9H16. The minimum Gasteiger partial charge on any atom is -0.0850 e. The molecule has 1 rings (SSSR count). The molecule has 0 nitrogen and oxygen atoms in total. The third-order valence-corrected chi connectivity index (χ3v) is 2.18. The van der Waals surface area contributed by atoms with Gasteiger partial charge < -0.3 is 0 Å². The number of hydrogen-bond donors (Lipinski definition) is 0. The van der Waals surface area contributed by atoms with E-state index < -0.39 is 0 Å². The zero-order chi connectivity index (χ0) is 6.69. The summed E-state index contributed by atoms with van der Waals surface area (Å²) < 4.78 is 0. The Kier molecular flexibility index (Phi) is 2.32. The van der Waals surface area contributed by atoms with Gasteiger partial charge in [-0.3, -0.25) is 0 Å². The minimum atomic E-state index is 0.893. The predicted molar refractivity (Wildman–Crippen MR) is 41.4 cm³/mol. The lowest BCUT2D eigenvalue weighted by atomic mass is 10.0. The van der Waals surface area contributed by atoms with Crippen LogP contribution in [0.4, 0.5) is 0 Å². The smallest absolute Gasteiger partial charge is 0.0229 e. The molecule has 0 heterocycles. The van der Waals surface area contributed by atoms with E-state index in [1.165, 1.54) is 25.7 Å². The van der Waals surface area contributed by atoms with Crippen molar-refractivity contribution in [3.63, 3.8) is 0 Å². The summed E-state index contributed by atoms with van der Waals surface area (Å²) in [6.45, 7) is 4.60. The summed E-state index contributed by atoms with van der Waals surface area (Å²) in [5.74, 6) is 0.893. The van der Waals surface area contributed by atoms with Gasteiger partial charge in [0.2, 0.25) is 0 Å². The van der Waals surface area contributed by atoms with Crippen molar-refractivity contribution in [3.8, 4) is 0 Å². The van der Waals surface area contributed by atoms with Gasteiger partial charge in [0.25, 0.3) is 0 Å². The van der Waals surface area contributed by atoms with Crippen molar-refractivity contribution in [1.82, 2.24) is 0 Å². The highest BCUT2D eigenvalue weighted by atomic mass is 14.2. The molecule has 0 saturated carbocycles. The largest absolute Gasteiger partial charge is 0.0850 e. The van der Waals surface area contributed by atoms with Crippen LogP contribution in [0.3, 0.4) is 0 Å². The minimum absolute atomic E-state index is 0.893. The maximum Gasteiger partial charge on any atom is -0.0229 e. The molecule has 0 aromatic heterocycles. The lowest BCUT2D eigenvalue weighted by molar-refractivity contribution is 0.639. The second-order valence-electron chi connectivity index (χ2n) is 3.01. The average molecular weight is 124 g/mol. The fourth-order valence-electron chi connectivity index (χ4n) is 1.54. The molecule has 0 aromatic rings. The molecule has 1 atom stereocenters. The van der Waals surface area contributed by atoms with Crippen LogP contribution in [0, 0.1) is 5.92 Å². The molecule has 1 aliphatic rings. The van der Waals surface area contributed by atoms with E-state index in [4.69, 9.17) is 0 Å². The third-order valence-electron chi connectivity index (χ3n) is 2.18. The first-order chi connectivity index (χ1) is 4.34. The first kappa shape index (κ1) is 6.85. The third kappa shape index (κ3) is 1.57. The molecule has 0 saturated heterocycles. The fraction of sp³-hybridized carbons (Fsp3) is 0.778. The van der Waals surface area contributed by atoms with Gasteiger partial charge in [0.1, 0.15) is 0 Å². The van der Waals surface area contributed by atoms with Gasteiger partial charge in [-0.2, -0.15) is 0 Å². The lowest BCUT2D eigenvalue weighted by Gasteiger charge is -2.05. The Balaban J connectivity index is 2.38. The fourth-order valence-corrected chi connectivity index (χ4v) is 1.54.